The normalized spacial score (nSPS) is 11.0. The summed E-state index contributed by atoms with van der Waals surface area (Å²) in [6.07, 6.45) is -2.82. The van der Waals surface area contributed by atoms with Crippen LogP contribution in [-0.2, 0) is 0 Å². The molecular formula is C15H13F3N2O2S. The van der Waals surface area contributed by atoms with Gasteiger partial charge in [-0.1, -0.05) is 6.07 Å². The summed E-state index contributed by atoms with van der Waals surface area (Å²) < 4.78 is 39.9. The topological polar surface area (TPSA) is 50.4 Å². The molecule has 0 radical (unpaired) electrons. The number of ether oxygens (including phenoxy) is 1. The van der Waals surface area contributed by atoms with Crippen molar-refractivity contribution in [2.45, 2.75) is 11.3 Å². The van der Waals surface area contributed by atoms with E-state index in [9.17, 15) is 18.0 Å². The van der Waals surface area contributed by atoms with Crippen LogP contribution in [0.2, 0.25) is 0 Å². The molecule has 2 aromatic carbocycles. The van der Waals surface area contributed by atoms with Crippen molar-refractivity contribution in [2.75, 3.05) is 16.9 Å². The van der Waals surface area contributed by atoms with Gasteiger partial charge in [-0.3, -0.25) is 0 Å². The average Bonchev–Trinajstić information content (AvgIpc) is 2.48. The Morgan fingerprint density at radius 1 is 1.04 bits per heavy atom. The molecule has 0 aromatic heterocycles. The lowest BCUT2D eigenvalue weighted by atomic mass is 10.3. The van der Waals surface area contributed by atoms with Crippen molar-refractivity contribution in [3.05, 3.63) is 48.5 Å². The first-order chi connectivity index (χ1) is 10.9. The molecule has 0 aliphatic heterocycles. The van der Waals surface area contributed by atoms with Crippen LogP contribution in [-0.4, -0.2) is 18.6 Å². The molecule has 0 unspecified atom stereocenters. The first-order valence-corrected chi connectivity index (χ1v) is 7.66. The molecule has 0 fully saturated rings. The highest BCUT2D eigenvalue weighted by Crippen LogP contribution is 2.24. The Morgan fingerprint density at radius 2 is 1.70 bits per heavy atom. The van der Waals surface area contributed by atoms with Gasteiger partial charge in [-0.15, -0.1) is 24.9 Å². The lowest BCUT2D eigenvalue weighted by Crippen LogP contribution is -2.19. The number of urea groups is 1. The van der Waals surface area contributed by atoms with Crippen molar-refractivity contribution in [3.8, 4) is 5.75 Å². The number of hydrogen-bond donors (Lipinski definition) is 2. The number of benzene rings is 2. The van der Waals surface area contributed by atoms with Gasteiger partial charge in [0, 0.05) is 16.3 Å². The predicted octanol–water partition coefficient (Wildman–Crippen LogP) is 4.95. The second kappa shape index (κ2) is 7.28. The van der Waals surface area contributed by atoms with Crippen LogP contribution < -0.4 is 15.4 Å². The van der Waals surface area contributed by atoms with E-state index in [0.29, 0.717) is 11.4 Å². The van der Waals surface area contributed by atoms with Crippen molar-refractivity contribution < 1.29 is 22.7 Å². The summed E-state index contributed by atoms with van der Waals surface area (Å²) in [5.74, 6) is -0.351. The third kappa shape index (κ3) is 5.74. The molecule has 2 N–H and O–H groups in total. The molecule has 2 aromatic rings. The summed E-state index contributed by atoms with van der Waals surface area (Å²) in [5, 5.41) is 5.17. The number of halogens is 3. The second-order valence-corrected chi connectivity index (χ2v) is 5.26. The number of rotatable bonds is 4. The Labute approximate surface area is 135 Å². The Balaban J connectivity index is 1.94. The fourth-order valence-electron chi connectivity index (χ4n) is 1.73. The van der Waals surface area contributed by atoms with Crippen LogP contribution >= 0.6 is 11.8 Å². The first-order valence-electron chi connectivity index (χ1n) is 6.43. The fraction of sp³-hybridized carbons (Fsp3) is 0.133. The van der Waals surface area contributed by atoms with Crippen molar-refractivity contribution >= 4 is 29.2 Å². The van der Waals surface area contributed by atoms with Gasteiger partial charge in [-0.2, -0.15) is 0 Å². The molecular weight excluding hydrogens is 329 g/mol. The van der Waals surface area contributed by atoms with Gasteiger partial charge in [-0.25, -0.2) is 4.79 Å². The molecule has 23 heavy (non-hydrogen) atoms. The number of carbonyl (C=O) groups excluding carboxylic acids is 1. The fourth-order valence-corrected chi connectivity index (χ4v) is 2.19. The summed E-state index contributed by atoms with van der Waals surface area (Å²) in [5.41, 5.74) is 0.962. The predicted molar refractivity (Wildman–Crippen MR) is 84.0 cm³/mol. The minimum absolute atomic E-state index is 0.345. The zero-order chi connectivity index (χ0) is 16.9. The van der Waals surface area contributed by atoms with Gasteiger partial charge < -0.3 is 15.4 Å². The molecule has 4 nitrogen and oxygen atoms in total. The van der Waals surface area contributed by atoms with Gasteiger partial charge in [0.1, 0.15) is 5.75 Å². The average molecular weight is 342 g/mol. The molecule has 0 heterocycles. The monoisotopic (exact) mass is 342 g/mol. The van der Waals surface area contributed by atoms with Crippen LogP contribution in [0.5, 0.6) is 5.75 Å². The lowest BCUT2D eigenvalue weighted by molar-refractivity contribution is -0.274. The molecule has 2 amide bonds. The lowest BCUT2D eigenvalue weighted by Gasteiger charge is -2.11. The number of nitrogens with one attached hydrogen (secondary N) is 2. The van der Waals surface area contributed by atoms with Crippen LogP contribution in [0.25, 0.3) is 0 Å². The van der Waals surface area contributed by atoms with E-state index >= 15 is 0 Å². The standard InChI is InChI=1S/C15H13F3N2O2S/c1-23-13-4-2-3-11(9-13)20-14(21)19-10-5-7-12(8-6-10)22-15(16,17)18/h2-9H,1H3,(H2,19,20,21). The van der Waals surface area contributed by atoms with Crippen molar-refractivity contribution in [1.29, 1.82) is 0 Å². The zero-order valence-electron chi connectivity index (χ0n) is 12.0. The highest BCUT2D eigenvalue weighted by molar-refractivity contribution is 7.98. The minimum atomic E-state index is -4.74. The van der Waals surface area contributed by atoms with E-state index in [4.69, 9.17) is 0 Å². The number of amides is 2. The Hall–Kier alpha value is -2.35. The van der Waals surface area contributed by atoms with Crippen LogP contribution in [0, 0.1) is 0 Å². The molecule has 2 rings (SSSR count). The van der Waals surface area contributed by atoms with E-state index < -0.39 is 12.4 Å². The largest absolute Gasteiger partial charge is 0.573 e. The highest BCUT2D eigenvalue weighted by Gasteiger charge is 2.30. The van der Waals surface area contributed by atoms with Crippen LogP contribution in [0.4, 0.5) is 29.3 Å². The molecule has 0 saturated heterocycles. The van der Waals surface area contributed by atoms with Gasteiger partial charge in [0.05, 0.1) is 0 Å². The maximum absolute atomic E-state index is 12.1. The van der Waals surface area contributed by atoms with Gasteiger partial charge in [0.2, 0.25) is 0 Å². The number of anilines is 2. The Morgan fingerprint density at radius 3 is 2.30 bits per heavy atom. The minimum Gasteiger partial charge on any atom is -0.406 e. The molecule has 122 valence electrons. The summed E-state index contributed by atoms with van der Waals surface area (Å²) >= 11 is 1.54. The third-order valence-electron chi connectivity index (χ3n) is 2.67. The quantitative estimate of drug-likeness (QED) is 0.773. The number of alkyl halides is 3. The molecule has 0 atom stereocenters. The Bertz CT molecular complexity index is 675. The van der Waals surface area contributed by atoms with E-state index in [1.54, 1.807) is 17.8 Å². The maximum Gasteiger partial charge on any atom is 0.573 e. The molecule has 0 bridgehead atoms. The van der Waals surface area contributed by atoms with Gasteiger partial charge in [0.15, 0.2) is 0 Å². The molecule has 0 aliphatic rings. The zero-order valence-corrected chi connectivity index (χ0v) is 12.8. The Kier molecular flexibility index (Phi) is 5.38. The molecule has 0 saturated carbocycles. The van der Waals surface area contributed by atoms with E-state index in [1.807, 2.05) is 24.5 Å². The number of carbonyl (C=O) groups is 1. The van der Waals surface area contributed by atoms with Crippen LogP contribution in [0.1, 0.15) is 0 Å². The summed E-state index contributed by atoms with van der Waals surface area (Å²) in [6, 6.07) is 11.7. The summed E-state index contributed by atoms with van der Waals surface area (Å²) in [6.45, 7) is 0. The second-order valence-electron chi connectivity index (χ2n) is 4.38. The van der Waals surface area contributed by atoms with Crippen molar-refractivity contribution in [3.63, 3.8) is 0 Å². The highest BCUT2D eigenvalue weighted by atomic mass is 32.2. The van der Waals surface area contributed by atoms with Crippen molar-refractivity contribution in [1.82, 2.24) is 0 Å². The maximum atomic E-state index is 12.1. The van der Waals surface area contributed by atoms with Gasteiger partial charge >= 0.3 is 12.4 Å². The van der Waals surface area contributed by atoms with E-state index in [-0.39, 0.29) is 5.75 Å². The smallest absolute Gasteiger partial charge is 0.406 e. The van der Waals surface area contributed by atoms with E-state index in [0.717, 1.165) is 17.0 Å². The SMILES string of the molecule is CSc1cccc(NC(=O)Nc2ccc(OC(F)(F)F)cc2)c1. The van der Waals surface area contributed by atoms with Gasteiger partial charge in [-0.05, 0) is 48.7 Å². The third-order valence-corrected chi connectivity index (χ3v) is 3.40. The number of thioether (sulfide) groups is 1. The van der Waals surface area contributed by atoms with E-state index in [1.165, 1.54) is 12.1 Å². The summed E-state index contributed by atoms with van der Waals surface area (Å²) in [7, 11) is 0. The van der Waals surface area contributed by atoms with Crippen LogP contribution in [0.3, 0.4) is 0 Å². The molecule has 0 spiro atoms. The van der Waals surface area contributed by atoms with Gasteiger partial charge in [0.25, 0.3) is 0 Å². The van der Waals surface area contributed by atoms with E-state index in [2.05, 4.69) is 15.4 Å². The summed E-state index contributed by atoms with van der Waals surface area (Å²) in [4.78, 5) is 12.9. The van der Waals surface area contributed by atoms with Crippen LogP contribution in [0.15, 0.2) is 53.4 Å². The molecule has 0 aliphatic carbocycles. The first kappa shape index (κ1) is 17.0. The molecule has 8 heteroatoms. The number of hydrogen-bond acceptors (Lipinski definition) is 3. The van der Waals surface area contributed by atoms with Crippen molar-refractivity contribution in [2.24, 2.45) is 0 Å².